The summed E-state index contributed by atoms with van der Waals surface area (Å²) in [7, 11) is -3.41. The smallest absolute Gasteiger partial charge is 0.220 e. The minimum Gasteiger partial charge on any atom is -0.392 e. The summed E-state index contributed by atoms with van der Waals surface area (Å²) in [5, 5.41) is -0.820. The van der Waals surface area contributed by atoms with Gasteiger partial charge in [-0.25, -0.2) is 13.1 Å². The summed E-state index contributed by atoms with van der Waals surface area (Å²) >= 11 is 4.66. The van der Waals surface area contributed by atoms with Crippen molar-refractivity contribution in [2.45, 2.75) is 26.0 Å². The van der Waals surface area contributed by atoms with Crippen molar-refractivity contribution in [1.82, 2.24) is 9.62 Å². The molecule has 0 aromatic carbocycles. The normalized spacial score (nSPS) is 14.0. The van der Waals surface area contributed by atoms with Crippen LogP contribution in [-0.2, 0) is 10.0 Å². The number of nitrogens with one attached hydrogen (secondary N) is 1. The summed E-state index contributed by atoms with van der Waals surface area (Å²) < 4.78 is 25.8. The molecule has 0 aliphatic heterocycles. The predicted octanol–water partition coefficient (Wildman–Crippen LogP) is -0.0778. The van der Waals surface area contributed by atoms with Crippen molar-refractivity contribution < 1.29 is 8.42 Å². The first-order chi connectivity index (χ1) is 7.35. The van der Waals surface area contributed by atoms with Gasteiger partial charge in [-0.15, -0.1) is 0 Å². The molecule has 0 aromatic heterocycles. The summed E-state index contributed by atoms with van der Waals surface area (Å²) in [4.78, 5) is 2.13. The molecule has 1 unspecified atom stereocenters. The Morgan fingerprint density at radius 2 is 1.94 bits per heavy atom. The van der Waals surface area contributed by atoms with E-state index in [9.17, 15) is 8.42 Å². The molecule has 16 heavy (non-hydrogen) atoms. The molecule has 0 rings (SSSR count). The SMILES string of the molecule is CCN(CC)CCNS(=O)(=O)C(C)C(N)=S. The molecule has 96 valence electrons. The summed E-state index contributed by atoms with van der Waals surface area (Å²) in [6.07, 6.45) is 0. The van der Waals surface area contributed by atoms with Crippen LogP contribution < -0.4 is 10.5 Å². The molecule has 0 spiro atoms. The Kier molecular flexibility index (Phi) is 7.05. The molecule has 0 fully saturated rings. The van der Waals surface area contributed by atoms with Crippen LogP contribution in [0.5, 0.6) is 0 Å². The van der Waals surface area contributed by atoms with E-state index in [0.717, 1.165) is 13.1 Å². The molecule has 0 radical (unpaired) electrons. The maximum atomic E-state index is 11.6. The van der Waals surface area contributed by atoms with E-state index in [1.165, 1.54) is 6.92 Å². The van der Waals surface area contributed by atoms with E-state index < -0.39 is 15.3 Å². The Labute approximate surface area is 103 Å². The Morgan fingerprint density at radius 1 is 1.44 bits per heavy atom. The number of nitrogens with two attached hydrogens (primary N) is 1. The molecule has 7 heteroatoms. The number of hydrogen-bond donors (Lipinski definition) is 2. The Balaban J connectivity index is 4.15. The molecule has 0 amide bonds. The van der Waals surface area contributed by atoms with E-state index in [2.05, 4.69) is 21.8 Å². The monoisotopic (exact) mass is 267 g/mol. The lowest BCUT2D eigenvalue weighted by molar-refractivity contribution is 0.309. The number of likely N-dealkylation sites (N-methyl/N-ethyl adjacent to an activating group) is 1. The first-order valence-electron chi connectivity index (χ1n) is 5.35. The predicted molar refractivity (Wildman–Crippen MR) is 71.0 cm³/mol. The molecule has 0 heterocycles. The van der Waals surface area contributed by atoms with E-state index in [1.807, 2.05) is 13.8 Å². The average Bonchev–Trinajstić information content (AvgIpc) is 2.23. The largest absolute Gasteiger partial charge is 0.392 e. The van der Waals surface area contributed by atoms with Crippen LogP contribution in [0.2, 0.25) is 0 Å². The molecule has 0 aliphatic carbocycles. The van der Waals surface area contributed by atoms with Gasteiger partial charge in [0.2, 0.25) is 10.0 Å². The fraction of sp³-hybridized carbons (Fsp3) is 0.889. The third-order valence-electron chi connectivity index (χ3n) is 2.49. The second-order valence-electron chi connectivity index (χ2n) is 3.51. The number of nitrogens with zero attached hydrogens (tertiary/aromatic N) is 1. The maximum absolute atomic E-state index is 11.6. The van der Waals surface area contributed by atoms with Crippen molar-refractivity contribution in [1.29, 1.82) is 0 Å². The topological polar surface area (TPSA) is 75.4 Å². The number of rotatable bonds is 8. The number of hydrogen-bond acceptors (Lipinski definition) is 4. The first kappa shape index (κ1) is 15.8. The van der Waals surface area contributed by atoms with Crippen LogP contribution in [-0.4, -0.2) is 49.7 Å². The van der Waals surface area contributed by atoms with Crippen molar-refractivity contribution in [3.63, 3.8) is 0 Å². The summed E-state index contributed by atoms with van der Waals surface area (Å²) in [5.74, 6) is 0. The van der Waals surface area contributed by atoms with Gasteiger partial charge in [-0.1, -0.05) is 26.1 Å². The van der Waals surface area contributed by atoms with Crippen molar-refractivity contribution in [3.05, 3.63) is 0 Å². The van der Waals surface area contributed by atoms with Crippen LogP contribution in [0.25, 0.3) is 0 Å². The zero-order chi connectivity index (χ0) is 12.8. The Bertz CT molecular complexity index is 313. The third kappa shape index (κ3) is 5.20. The van der Waals surface area contributed by atoms with Crippen molar-refractivity contribution in [2.24, 2.45) is 5.73 Å². The van der Waals surface area contributed by atoms with Gasteiger partial charge in [0.15, 0.2) is 0 Å². The standard InChI is InChI=1S/C9H21N3O2S2/c1-4-12(5-2)7-6-11-16(13,14)8(3)9(10)15/h8,11H,4-7H2,1-3H3,(H2,10,15). The third-order valence-corrected chi connectivity index (χ3v) is 4.79. The highest BCUT2D eigenvalue weighted by molar-refractivity contribution is 7.93. The minimum atomic E-state index is -3.41. The van der Waals surface area contributed by atoms with E-state index >= 15 is 0 Å². The highest BCUT2D eigenvalue weighted by Crippen LogP contribution is 1.98. The highest BCUT2D eigenvalue weighted by atomic mass is 32.2. The fourth-order valence-electron chi connectivity index (χ4n) is 1.16. The lowest BCUT2D eigenvalue weighted by atomic mass is 10.5. The molecule has 0 saturated carbocycles. The molecular formula is C9H21N3O2S2. The summed E-state index contributed by atoms with van der Waals surface area (Å²) in [5.41, 5.74) is 5.31. The summed E-state index contributed by atoms with van der Waals surface area (Å²) in [6.45, 7) is 8.45. The fourth-order valence-corrected chi connectivity index (χ4v) is 2.48. The second kappa shape index (κ2) is 7.16. The van der Waals surface area contributed by atoms with Crippen LogP contribution in [0.4, 0.5) is 0 Å². The van der Waals surface area contributed by atoms with Gasteiger partial charge in [0.25, 0.3) is 0 Å². The molecule has 0 aromatic rings. The van der Waals surface area contributed by atoms with Crippen molar-refractivity contribution >= 4 is 27.2 Å². The van der Waals surface area contributed by atoms with Crippen LogP contribution in [0.15, 0.2) is 0 Å². The molecule has 0 saturated heterocycles. The van der Waals surface area contributed by atoms with Crippen LogP contribution in [0.1, 0.15) is 20.8 Å². The van der Waals surface area contributed by atoms with E-state index in [4.69, 9.17) is 5.73 Å². The Morgan fingerprint density at radius 3 is 2.31 bits per heavy atom. The van der Waals surface area contributed by atoms with Gasteiger partial charge in [-0.3, -0.25) is 0 Å². The average molecular weight is 267 g/mol. The molecule has 0 bridgehead atoms. The van der Waals surface area contributed by atoms with Gasteiger partial charge in [0.05, 0.1) is 4.99 Å². The van der Waals surface area contributed by atoms with E-state index in [-0.39, 0.29) is 4.99 Å². The van der Waals surface area contributed by atoms with Gasteiger partial charge >= 0.3 is 0 Å². The highest BCUT2D eigenvalue weighted by Gasteiger charge is 2.22. The zero-order valence-electron chi connectivity index (χ0n) is 10.1. The molecule has 5 nitrogen and oxygen atoms in total. The van der Waals surface area contributed by atoms with E-state index in [1.54, 1.807) is 0 Å². The Hall–Kier alpha value is -0.240. The van der Waals surface area contributed by atoms with Gasteiger partial charge in [-0.05, 0) is 20.0 Å². The molecule has 1 atom stereocenters. The lowest BCUT2D eigenvalue weighted by Gasteiger charge is -2.19. The van der Waals surface area contributed by atoms with Gasteiger partial charge in [-0.2, -0.15) is 0 Å². The van der Waals surface area contributed by atoms with Gasteiger partial charge in [0.1, 0.15) is 5.25 Å². The van der Waals surface area contributed by atoms with Crippen LogP contribution in [0, 0.1) is 0 Å². The van der Waals surface area contributed by atoms with Gasteiger partial charge < -0.3 is 10.6 Å². The molecule has 0 aliphatic rings. The quantitative estimate of drug-likeness (QED) is 0.602. The second-order valence-corrected chi connectivity index (χ2v) is 6.07. The van der Waals surface area contributed by atoms with Crippen molar-refractivity contribution in [3.8, 4) is 0 Å². The lowest BCUT2D eigenvalue weighted by Crippen LogP contribution is -2.42. The molecular weight excluding hydrogens is 246 g/mol. The minimum absolute atomic E-state index is 0.00432. The number of sulfonamides is 1. The van der Waals surface area contributed by atoms with E-state index in [0.29, 0.717) is 13.1 Å². The number of thiocarbonyl (C=S) groups is 1. The first-order valence-corrected chi connectivity index (χ1v) is 7.30. The molecule has 3 N–H and O–H groups in total. The van der Waals surface area contributed by atoms with Crippen molar-refractivity contribution in [2.75, 3.05) is 26.2 Å². The van der Waals surface area contributed by atoms with Gasteiger partial charge in [0, 0.05) is 13.1 Å². The maximum Gasteiger partial charge on any atom is 0.220 e. The zero-order valence-corrected chi connectivity index (χ0v) is 11.7. The summed E-state index contributed by atoms with van der Waals surface area (Å²) in [6, 6.07) is 0. The van der Waals surface area contributed by atoms with Crippen LogP contribution in [0.3, 0.4) is 0 Å². The van der Waals surface area contributed by atoms with Crippen LogP contribution >= 0.6 is 12.2 Å².